The van der Waals surface area contributed by atoms with E-state index in [1.165, 1.54) is 56.6 Å². The minimum atomic E-state index is -0.922. The third-order valence-electron chi connectivity index (χ3n) is 5.55. The molecule has 0 radical (unpaired) electrons. The van der Waals surface area contributed by atoms with Crippen molar-refractivity contribution in [2.45, 2.75) is 77.2 Å². The molecule has 2 aromatic rings. The van der Waals surface area contributed by atoms with Crippen LogP contribution in [0, 0.1) is 5.92 Å². The lowest BCUT2D eigenvalue weighted by Gasteiger charge is -2.25. The van der Waals surface area contributed by atoms with Gasteiger partial charge >= 0.3 is 5.97 Å². The maximum absolute atomic E-state index is 11.0. The Morgan fingerprint density at radius 1 is 1.00 bits per heavy atom. The first-order valence-corrected chi connectivity index (χ1v) is 11.5. The van der Waals surface area contributed by atoms with E-state index in [2.05, 4.69) is 42.2 Å². The van der Waals surface area contributed by atoms with Gasteiger partial charge in [-0.3, -0.25) is 0 Å². The molecule has 0 saturated carbocycles. The van der Waals surface area contributed by atoms with E-state index in [-0.39, 0.29) is 6.04 Å². The van der Waals surface area contributed by atoms with Gasteiger partial charge in [0.15, 0.2) is 0 Å². The van der Waals surface area contributed by atoms with Crippen molar-refractivity contribution in [1.82, 2.24) is 4.98 Å². The van der Waals surface area contributed by atoms with Crippen molar-refractivity contribution in [2.75, 3.05) is 0 Å². The third-order valence-corrected chi connectivity index (χ3v) is 5.55. The molecular weight excluding hydrogens is 372 g/mol. The number of aromatic nitrogens is 1. The molecule has 4 heteroatoms. The van der Waals surface area contributed by atoms with Crippen LogP contribution >= 0.6 is 0 Å². The van der Waals surface area contributed by atoms with Gasteiger partial charge in [-0.1, -0.05) is 112 Å². The highest BCUT2D eigenvalue weighted by Crippen LogP contribution is 2.27. The average Bonchev–Trinajstić information content (AvgIpc) is 3.26. The zero-order valence-corrected chi connectivity index (χ0v) is 18.3. The number of carboxylic acids is 1. The number of nitrogens with zero attached hydrogens (tertiary/aromatic N) is 1. The normalized spacial score (nSPS) is 13.4. The number of hydrogen-bond donors (Lipinski definition) is 2. The Hall–Kier alpha value is -2.49. The summed E-state index contributed by atoms with van der Waals surface area (Å²) in [6.07, 6.45) is 16.8. The van der Waals surface area contributed by atoms with Crippen LogP contribution in [0.3, 0.4) is 0 Å². The highest BCUT2D eigenvalue weighted by Gasteiger charge is 2.12. The fourth-order valence-electron chi connectivity index (χ4n) is 3.89. The molecule has 0 bridgehead atoms. The van der Waals surface area contributed by atoms with Gasteiger partial charge in [-0.05, 0) is 36.8 Å². The smallest absolute Gasteiger partial charge is 0.327 e. The molecule has 1 heterocycles. The SMILES string of the molecule is CCCCCCCCC(CCC(C=CC(=O)O)[N-]c1ccc[nH]1)Cc1ccccc1. The molecule has 0 fully saturated rings. The lowest BCUT2D eigenvalue weighted by atomic mass is 9.88. The van der Waals surface area contributed by atoms with Crippen molar-refractivity contribution in [3.8, 4) is 0 Å². The lowest BCUT2D eigenvalue weighted by Crippen LogP contribution is -2.10. The summed E-state index contributed by atoms with van der Waals surface area (Å²) in [6.45, 7) is 2.25. The molecule has 0 aliphatic carbocycles. The van der Waals surface area contributed by atoms with Crippen LogP contribution in [0.4, 0.5) is 5.82 Å². The van der Waals surface area contributed by atoms with Crippen LogP contribution < -0.4 is 0 Å². The Bertz CT molecular complexity index is 710. The summed E-state index contributed by atoms with van der Waals surface area (Å²) >= 11 is 0. The summed E-state index contributed by atoms with van der Waals surface area (Å²) in [7, 11) is 0. The predicted molar refractivity (Wildman–Crippen MR) is 125 cm³/mol. The van der Waals surface area contributed by atoms with Gasteiger partial charge in [0, 0.05) is 6.08 Å². The quantitative estimate of drug-likeness (QED) is 0.224. The fourth-order valence-corrected chi connectivity index (χ4v) is 3.89. The molecule has 2 atom stereocenters. The molecule has 0 aliphatic rings. The number of aliphatic carboxylic acids is 1. The highest BCUT2D eigenvalue weighted by molar-refractivity contribution is 5.80. The standard InChI is InChI=1S/C26H37N2O2/c1-2-3-4-5-6-8-14-23(21-22-12-9-7-10-13-22)16-17-24(18-19-26(29)30)28-25-15-11-20-27-25/h7,9-13,15,18-20,23-24,27H,2-6,8,14,16-17,21H2,1H3,(H,29,30)/q-1. The average molecular weight is 410 g/mol. The molecule has 0 amide bonds. The monoisotopic (exact) mass is 409 g/mol. The first kappa shape index (κ1) is 23.8. The summed E-state index contributed by atoms with van der Waals surface area (Å²) < 4.78 is 0. The molecule has 0 aliphatic heterocycles. The maximum Gasteiger partial charge on any atom is 0.327 e. The largest absolute Gasteiger partial charge is 0.478 e. The van der Waals surface area contributed by atoms with E-state index in [0.717, 1.165) is 25.1 Å². The lowest BCUT2D eigenvalue weighted by molar-refractivity contribution is -0.131. The van der Waals surface area contributed by atoms with Crippen LogP contribution in [-0.4, -0.2) is 22.1 Å². The second-order valence-electron chi connectivity index (χ2n) is 8.14. The minimum absolute atomic E-state index is 0.123. The molecule has 0 saturated heterocycles. The Balaban J connectivity index is 1.92. The number of unbranched alkanes of at least 4 members (excludes halogenated alkanes) is 5. The van der Waals surface area contributed by atoms with Gasteiger partial charge in [-0.25, -0.2) is 4.79 Å². The van der Waals surface area contributed by atoms with Crippen LogP contribution in [0.1, 0.15) is 70.3 Å². The Morgan fingerprint density at radius 2 is 1.77 bits per heavy atom. The van der Waals surface area contributed by atoms with Crippen LogP contribution in [0.5, 0.6) is 0 Å². The second kappa shape index (κ2) is 14.5. The van der Waals surface area contributed by atoms with E-state index in [9.17, 15) is 4.79 Å². The van der Waals surface area contributed by atoms with Crippen molar-refractivity contribution < 1.29 is 9.90 Å². The van der Waals surface area contributed by atoms with E-state index < -0.39 is 5.97 Å². The second-order valence-corrected chi connectivity index (χ2v) is 8.14. The molecule has 1 aromatic heterocycles. The number of aromatic amines is 1. The number of hydrogen-bond acceptors (Lipinski definition) is 1. The van der Waals surface area contributed by atoms with Gasteiger partial charge in [0.2, 0.25) is 0 Å². The number of nitrogens with one attached hydrogen (secondary N) is 1. The molecular formula is C26H37N2O2-. The minimum Gasteiger partial charge on any atom is -0.478 e. The van der Waals surface area contributed by atoms with Crippen molar-refractivity contribution in [1.29, 1.82) is 0 Å². The first-order chi connectivity index (χ1) is 14.7. The van der Waals surface area contributed by atoms with E-state index >= 15 is 0 Å². The molecule has 30 heavy (non-hydrogen) atoms. The number of H-pyrrole nitrogens is 1. The number of rotatable bonds is 16. The molecule has 1 aromatic carbocycles. The van der Waals surface area contributed by atoms with Crippen molar-refractivity contribution in [2.24, 2.45) is 5.92 Å². The Kier molecular flexibility index (Phi) is 11.5. The van der Waals surface area contributed by atoms with Crippen LogP contribution in [0.2, 0.25) is 0 Å². The molecule has 4 nitrogen and oxygen atoms in total. The molecule has 164 valence electrons. The van der Waals surface area contributed by atoms with Gasteiger partial charge in [0.05, 0.1) is 0 Å². The number of benzene rings is 1. The van der Waals surface area contributed by atoms with E-state index in [1.54, 1.807) is 6.08 Å². The van der Waals surface area contributed by atoms with Gasteiger partial charge in [-0.15, -0.1) is 0 Å². The summed E-state index contributed by atoms with van der Waals surface area (Å²) in [5, 5.41) is 13.7. The van der Waals surface area contributed by atoms with Gasteiger partial charge in [0.1, 0.15) is 0 Å². The van der Waals surface area contributed by atoms with Crippen molar-refractivity contribution >= 4 is 11.8 Å². The Morgan fingerprint density at radius 3 is 2.47 bits per heavy atom. The maximum atomic E-state index is 11.0. The molecule has 2 unspecified atom stereocenters. The topological polar surface area (TPSA) is 67.2 Å². The van der Waals surface area contributed by atoms with Gasteiger partial charge < -0.3 is 15.4 Å². The van der Waals surface area contributed by atoms with Crippen molar-refractivity contribution in [3.05, 3.63) is 71.7 Å². The number of carbonyl (C=O) groups is 1. The van der Waals surface area contributed by atoms with E-state index in [0.29, 0.717) is 5.92 Å². The van der Waals surface area contributed by atoms with E-state index in [4.69, 9.17) is 10.4 Å². The van der Waals surface area contributed by atoms with Gasteiger partial charge in [0.25, 0.3) is 0 Å². The van der Waals surface area contributed by atoms with E-state index in [1.807, 2.05) is 18.3 Å². The first-order valence-electron chi connectivity index (χ1n) is 11.5. The van der Waals surface area contributed by atoms with Crippen LogP contribution in [-0.2, 0) is 11.2 Å². The molecule has 0 spiro atoms. The van der Waals surface area contributed by atoms with Crippen molar-refractivity contribution in [3.63, 3.8) is 0 Å². The summed E-state index contributed by atoms with van der Waals surface area (Å²) in [5.41, 5.74) is 1.38. The zero-order valence-electron chi connectivity index (χ0n) is 18.3. The fraction of sp³-hybridized carbons (Fsp3) is 0.500. The predicted octanol–water partition coefficient (Wildman–Crippen LogP) is 7.42. The molecule has 2 N–H and O–H groups in total. The summed E-state index contributed by atoms with van der Waals surface area (Å²) in [6, 6.07) is 14.4. The Labute approximate surface area is 181 Å². The van der Waals surface area contributed by atoms with Crippen LogP contribution in [0.15, 0.2) is 60.8 Å². The van der Waals surface area contributed by atoms with Crippen LogP contribution in [0.25, 0.3) is 5.32 Å². The highest BCUT2D eigenvalue weighted by atomic mass is 16.4. The number of carboxylic acid groups (broad SMARTS) is 1. The summed E-state index contributed by atoms with van der Waals surface area (Å²) in [5.74, 6) is 0.471. The zero-order chi connectivity index (χ0) is 21.4. The third kappa shape index (κ3) is 10.3. The summed E-state index contributed by atoms with van der Waals surface area (Å²) in [4.78, 5) is 14.1. The molecule has 2 rings (SSSR count). The van der Waals surface area contributed by atoms with Gasteiger partial charge in [-0.2, -0.15) is 0 Å².